The molecule has 1 N–H and O–H groups in total. The Kier molecular flexibility index (Phi) is 3.56. The molecule has 1 aromatic carbocycles. The number of anilines is 1. The zero-order valence-electron chi connectivity index (χ0n) is 11.0. The zero-order chi connectivity index (χ0) is 12.8. The highest BCUT2D eigenvalue weighted by molar-refractivity contribution is 5.88. The van der Waals surface area contributed by atoms with Crippen molar-refractivity contribution in [3.8, 4) is 0 Å². The fraction of sp³-hybridized carbons (Fsp3) is 0.500. The van der Waals surface area contributed by atoms with Gasteiger partial charge in [-0.3, -0.25) is 0 Å². The third-order valence-electron chi connectivity index (χ3n) is 4.41. The summed E-state index contributed by atoms with van der Waals surface area (Å²) in [7, 11) is 0. The van der Waals surface area contributed by atoms with Gasteiger partial charge in [-0.05, 0) is 50.0 Å². The smallest absolute Gasteiger partial charge is 0.177 e. The first-order chi connectivity index (χ1) is 9.29. The monoisotopic (exact) mass is 297 g/mol. The van der Waals surface area contributed by atoms with Crippen molar-refractivity contribution in [2.45, 2.75) is 18.9 Å². The van der Waals surface area contributed by atoms with E-state index in [9.17, 15) is 4.39 Å². The van der Waals surface area contributed by atoms with Gasteiger partial charge in [-0.25, -0.2) is 4.39 Å². The van der Waals surface area contributed by atoms with E-state index in [1.165, 1.54) is 38.1 Å². The van der Waals surface area contributed by atoms with Crippen LogP contribution in [0.25, 0.3) is 11.0 Å². The number of halogens is 2. The second-order valence-corrected chi connectivity index (χ2v) is 5.56. The minimum atomic E-state index is -0.257. The minimum Gasteiger partial charge on any atom is -0.362 e. The number of aromatic nitrogens is 1. The average molecular weight is 298 g/mol. The summed E-state index contributed by atoms with van der Waals surface area (Å²) in [4.78, 5) is 2.47. The molecule has 1 atom stereocenters. The summed E-state index contributed by atoms with van der Waals surface area (Å²) in [6.07, 6.45) is 2.48. The van der Waals surface area contributed by atoms with Crippen molar-refractivity contribution in [3.63, 3.8) is 0 Å². The Morgan fingerprint density at radius 1 is 1.30 bits per heavy atom. The fourth-order valence-corrected chi connectivity index (χ4v) is 3.32. The van der Waals surface area contributed by atoms with E-state index in [-0.39, 0.29) is 18.2 Å². The highest BCUT2D eigenvalue weighted by Gasteiger charge is 2.34. The normalized spacial score (nSPS) is 28.4. The number of fused-ring (bicyclic) bond motifs is 4. The Balaban J connectivity index is 0.00000121. The van der Waals surface area contributed by atoms with Crippen LogP contribution in [-0.2, 0) is 0 Å². The number of hydrogen-bond donors (Lipinski definition) is 1. The van der Waals surface area contributed by atoms with E-state index in [1.54, 1.807) is 6.07 Å². The number of benzene rings is 1. The Labute approximate surface area is 122 Å². The predicted octanol–water partition coefficient (Wildman–Crippen LogP) is 2.89. The van der Waals surface area contributed by atoms with Crippen LogP contribution in [0.3, 0.4) is 0 Å². The summed E-state index contributed by atoms with van der Waals surface area (Å²) in [5.41, 5.74) is 0.630. The van der Waals surface area contributed by atoms with Gasteiger partial charge in [0.2, 0.25) is 0 Å². The van der Waals surface area contributed by atoms with E-state index < -0.39 is 0 Å². The highest BCUT2D eigenvalue weighted by Crippen LogP contribution is 2.31. The van der Waals surface area contributed by atoms with E-state index in [2.05, 4.69) is 15.4 Å². The van der Waals surface area contributed by atoms with E-state index in [1.807, 2.05) is 0 Å². The zero-order valence-corrected chi connectivity index (χ0v) is 11.8. The molecule has 3 fully saturated rings. The van der Waals surface area contributed by atoms with Crippen LogP contribution < -0.4 is 5.32 Å². The minimum absolute atomic E-state index is 0. The molecule has 1 aromatic heterocycles. The topological polar surface area (TPSA) is 41.3 Å². The quantitative estimate of drug-likeness (QED) is 0.925. The summed E-state index contributed by atoms with van der Waals surface area (Å²) < 4.78 is 18.6. The maximum Gasteiger partial charge on any atom is 0.177 e. The van der Waals surface area contributed by atoms with E-state index in [0.29, 0.717) is 23.4 Å². The van der Waals surface area contributed by atoms with Crippen molar-refractivity contribution in [1.82, 2.24) is 10.1 Å². The number of rotatable bonds is 2. The van der Waals surface area contributed by atoms with Gasteiger partial charge in [-0.15, -0.1) is 12.4 Å². The summed E-state index contributed by atoms with van der Waals surface area (Å²) in [6.45, 7) is 3.46. The average Bonchev–Trinajstić information content (AvgIpc) is 2.83. The van der Waals surface area contributed by atoms with E-state index >= 15 is 0 Å². The van der Waals surface area contributed by atoms with Crippen LogP contribution in [-0.4, -0.2) is 35.7 Å². The lowest BCUT2D eigenvalue weighted by Crippen LogP contribution is -2.53. The summed E-state index contributed by atoms with van der Waals surface area (Å²) >= 11 is 0. The van der Waals surface area contributed by atoms with Crippen LogP contribution >= 0.6 is 12.4 Å². The number of hydrogen-bond acceptors (Lipinski definition) is 4. The SMILES string of the molecule is Cl.Fc1ccc2onc(NC3CN4CCC3CC4)c2c1. The van der Waals surface area contributed by atoms with Gasteiger partial charge in [0.25, 0.3) is 0 Å². The van der Waals surface area contributed by atoms with Gasteiger partial charge in [-0.2, -0.15) is 0 Å². The van der Waals surface area contributed by atoms with Gasteiger partial charge >= 0.3 is 0 Å². The number of nitrogens with zero attached hydrogens (tertiary/aromatic N) is 2. The van der Waals surface area contributed by atoms with Gasteiger partial charge in [0, 0.05) is 12.6 Å². The lowest BCUT2D eigenvalue weighted by molar-refractivity contribution is 0.0973. The highest BCUT2D eigenvalue weighted by atomic mass is 35.5. The molecule has 4 nitrogen and oxygen atoms in total. The fourth-order valence-electron chi connectivity index (χ4n) is 3.32. The Hall–Kier alpha value is -1.33. The van der Waals surface area contributed by atoms with Gasteiger partial charge in [-0.1, -0.05) is 5.16 Å². The van der Waals surface area contributed by atoms with E-state index in [0.717, 1.165) is 11.9 Å². The van der Waals surface area contributed by atoms with Gasteiger partial charge in [0.15, 0.2) is 11.4 Å². The van der Waals surface area contributed by atoms with Crippen LogP contribution in [0.4, 0.5) is 10.2 Å². The second kappa shape index (κ2) is 5.22. The molecule has 3 aliphatic heterocycles. The molecule has 1 unspecified atom stereocenters. The number of nitrogens with one attached hydrogen (secondary N) is 1. The maximum atomic E-state index is 13.3. The van der Waals surface area contributed by atoms with Crippen molar-refractivity contribution in [1.29, 1.82) is 0 Å². The van der Waals surface area contributed by atoms with Crippen molar-refractivity contribution < 1.29 is 8.91 Å². The first-order valence-electron chi connectivity index (χ1n) is 6.83. The van der Waals surface area contributed by atoms with Crippen LogP contribution in [0.2, 0.25) is 0 Å². The third kappa shape index (κ3) is 2.25. The molecule has 6 heteroatoms. The Bertz CT molecular complexity index is 609. The molecule has 5 rings (SSSR count). The first kappa shape index (κ1) is 13.6. The second-order valence-electron chi connectivity index (χ2n) is 5.56. The van der Waals surface area contributed by atoms with E-state index in [4.69, 9.17) is 4.52 Å². The van der Waals surface area contributed by atoms with Gasteiger partial charge < -0.3 is 14.7 Å². The molecule has 0 radical (unpaired) electrons. The molecule has 0 amide bonds. The molecular formula is C14H17ClFN3O. The summed E-state index contributed by atoms with van der Waals surface area (Å²) in [5.74, 6) is 1.12. The lowest BCUT2D eigenvalue weighted by atomic mass is 9.84. The van der Waals surface area contributed by atoms with Crippen LogP contribution in [0.5, 0.6) is 0 Å². The maximum absolute atomic E-state index is 13.3. The Morgan fingerprint density at radius 3 is 2.80 bits per heavy atom. The molecule has 3 saturated heterocycles. The van der Waals surface area contributed by atoms with Crippen molar-refractivity contribution in [2.75, 3.05) is 25.0 Å². The molecule has 3 aliphatic rings. The van der Waals surface area contributed by atoms with Crippen LogP contribution in [0, 0.1) is 11.7 Å². The Morgan fingerprint density at radius 2 is 2.10 bits per heavy atom. The molecule has 0 aliphatic carbocycles. The molecule has 2 aromatic rings. The lowest BCUT2D eigenvalue weighted by Gasteiger charge is -2.44. The summed E-state index contributed by atoms with van der Waals surface area (Å²) in [5, 5.41) is 8.22. The van der Waals surface area contributed by atoms with Crippen molar-refractivity contribution in [2.24, 2.45) is 5.92 Å². The molecule has 0 spiro atoms. The third-order valence-corrected chi connectivity index (χ3v) is 4.41. The number of piperidine rings is 3. The molecule has 0 saturated carbocycles. The standard InChI is InChI=1S/C14H16FN3O.ClH/c15-10-1-2-13-11(7-10)14(17-19-13)16-12-8-18-5-3-9(12)4-6-18;/h1-2,7,9,12H,3-6,8H2,(H,16,17);1H. The first-order valence-corrected chi connectivity index (χ1v) is 6.83. The molecule has 20 heavy (non-hydrogen) atoms. The summed E-state index contributed by atoms with van der Waals surface area (Å²) in [6, 6.07) is 4.90. The molecule has 2 bridgehead atoms. The van der Waals surface area contributed by atoms with Crippen LogP contribution in [0.1, 0.15) is 12.8 Å². The molecular weight excluding hydrogens is 281 g/mol. The van der Waals surface area contributed by atoms with Gasteiger partial charge in [0.05, 0.1) is 5.39 Å². The van der Waals surface area contributed by atoms with Gasteiger partial charge in [0.1, 0.15) is 5.82 Å². The predicted molar refractivity (Wildman–Crippen MR) is 77.8 cm³/mol. The molecule has 4 heterocycles. The van der Waals surface area contributed by atoms with Crippen molar-refractivity contribution in [3.05, 3.63) is 24.0 Å². The molecule has 108 valence electrons. The largest absolute Gasteiger partial charge is 0.362 e. The van der Waals surface area contributed by atoms with Crippen molar-refractivity contribution >= 4 is 29.2 Å². The van der Waals surface area contributed by atoms with Crippen LogP contribution in [0.15, 0.2) is 22.7 Å².